The summed E-state index contributed by atoms with van der Waals surface area (Å²) in [7, 11) is 0. The zero-order valence-electron chi connectivity index (χ0n) is 10.9. The standard InChI is InChI=1S/C14H18BrNO3/c1-10-7-18-3-2-16(10)13-5-11(4-12(15)6-13)14(17)8-19-9-14/h4-6,10,17H,2-3,7-9H2,1H3/t10-/m1/s1. The van der Waals surface area contributed by atoms with E-state index in [0.717, 1.165) is 35.5 Å². The smallest absolute Gasteiger partial charge is 0.136 e. The summed E-state index contributed by atoms with van der Waals surface area (Å²) in [6, 6.07) is 6.48. The van der Waals surface area contributed by atoms with Crippen molar-refractivity contribution in [1.82, 2.24) is 0 Å². The minimum Gasteiger partial charge on any atom is -0.380 e. The average Bonchev–Trinajstić information content (AvgIpc) is 2.35. The van der Waals surface area contributed by atoms with Gasteiger partial charge in [-0.1, -0.05) is 15.9 Å². The third-order valence-electron chi connectivity index (χ3n) is 3.80. The number of aliphatic hydroxyl groups is 1. The van der Waals surface area contributed by atoms with Crippen molar-refractivity contribution in [2.24, 2.45) is 0 Å². The van der Waals surface area contributed by atoms with Crippen molar-refractivity contribution < 1.29 is 14.6 Å². The van der Waals surface area contributed by atoms with Crippen LogP contribution in [0.1, 0.15) is 12.5 Å². The molecule has 3 rings (SSSR count). The van der Waals surface area contributed by atoms with Crippen molar-refractivity contribution in [2.75, 3.05) is 37.9 Å². The van der Waals surface area contributed by atoms with E-state index in [0.29, 0.717) is 19.3 Å². The Balaban J connectivity index is 1.93. The third kappa shape index (κ3) is 2.52. The third-order valence-corrected chi connectivity index (χ3v) is 4.26. The molecule has 0 saturated carbocycles. The lowest BCUT2D eigenvalue weighted by Gasteiger charge is -2.39. The molecule has 2 aliphatic heterocycles. The molecule has 104 valence electrons. The Labute approximate surface area is 121 Å². The molecule has 1 aromatic rings. The van der Waals surface area contributed by atoms with Crippen molar-refractivity contribution in [3.8, 4) is 0 Å². The zero-order valence-corrected chi connectivity index (χ0v) is 12.5. The molecule has 2 heterocycles. The Morgan fingerprint density at radius 2 is 2.11 bits per heavy atom. The molecule has 0 amide bonds. The fourth-order valence-corrected chi connectivity index (χ4v) is 3.06. The van der Waals surface area contributed by atoms with Crippen molar-refractivity contribution in [2.45, 2.75) is 18.6 Å². The highest BCUT2D eigenvalue weighted by Gasteiger charge is 2.38. The largest absolute Gasteiger partial charge is 0.380 e. The number of ether oxygens (including phenoxy) is 2. The summed E-state index contributed by atoms with van der Waals surface area (Å²) in [6.45, 7) is 5.28. The first-order chi connectivity index (χ1) is 9.08. The molecule has 2 fully saturated rings. The first-order valence-electron chi connectivity index (χ1n) is 6.54. The van der Waals surface area contributed by atoms with Crippen molar-refractivity contribution in [1.29, 1.82) is 0 Å². The first-order valence-corrected chi connectivity index (χ1v) is 7.33. The maximum atomic E-state index is 10.4. The molecule has 0 aromatic heterocycles. The highest BCUT2D eigenvalue weighted by molar-refractivity contribution is 9.10. The van der Waals surface area contributed by atoms with Gasteiger partial charge in [0.1, 0.15) is 5.60 Å². The second-order valence-corrected chi connectivity index (χ2v) is 6.26. The maximum Gasteiger partial charge on any atom is 0.136 e. The summed E-state index contributed by atoms with van der Waals surface area (Å²) >= 11 is 3.54. The lowest BCUT2D eigenvalue weighted by atomic mass is 9.91. The molecule has 5 heteroatoms. The van der Waals surface area contributed by atoms with Gasteiger partial charge in [-0.05, 0) is 30.7 Å². The highest BCUT2D eigenvalue weighted by atomic mass is 79.9. The van der Waals surface area contributed by atoms with Gasteiger partial charge < -0.3 is 19.5 Å². The van der Waals surface area contributed by atoms with E-state index in [-0.39, 0.29) is 0 Å². The van der Waals surface area contributed by atoms with Crippen LogP contribution >= 0.6 is 15.9 Å². The number of rotatable bonds is 2. The van der Waals surface area contributed by atoms with Crippen LogP contribution in [0.4, 0.5) is 5.69 Å². The van der Waals surface area contributed by atoms with Crippen LogP contribution in [0.15, 0.2) is 22.7 Å². The minimum atomic E-state index is -0.825. The van der Waals surface area contributed by atoms with Crippen molar-refractivity contribution >= 4 is 21.6 Å². The summed E-state index contributed by atoms with van der Waals surface area (Å²) in [5, 5.41) is 10.4. The van der Waals surface area contributed by atoms with E-state index < -0.39 is 5.60 Å². The van der Waals surface area contributed by atoms with Crippen LogP contribution in [-0.2, 0) is 15.1 Å². The van der Waals surface area contributed by atoms with Crippen LogP contribution in [0.25, 0.3) is 0 Å². The van der Waals surface area contributed by atoms with E-state index in [1.165, 1.54) is 0 Å². The molecule has 0 bridgehead atoms. The second kappa shape index (κ2) is 5.05. The predicted molar refractivity (Wildman–Crippen MR) is 76.5 cm³/mol. The molecule has 1 aromatic carbocycles. The molecule has 2 aliphatic rings. The molecule has 1 atom stereocenters. The van der Waals surface area contributed by atoms with Gasteiger partial charge in [-0.15, -0.1) is 0 Å². The Bertz CT molecular complexity index is 476. The topological polar surface area (TPSA) is 41.9 Å². The lowest BCUT2D eigenvalue weighted by Crippen LogP contribution is -2.47. The molecule has 1 N–H and O–H groups in total. The molecular formula is C14H18BrNO3. The Morgan fingerprint density at radius 1 is 1.32 bits per heavy atom. The van der Waals surface area contributed by atoms with Crippen LogP contribution in [0.3, 0.4) is 0 Å². The van der Waals surface area contributed by atoms with Crippen LogP contribution < -0.4 is 4.90 Å². The number of morpholine rings is 1. The quantitative estimate of drug-likeness (QED) is 0.900. The van der Waals surface area contributed by atoms with Crippen LogP contribution in [0, 0.1) is 0 Å². The van der Waals surface area contributed by atoms with E-state index in [1.807, 2.05) is 6.07 Å². The van der Waals surface area contributed by atoms with Gasteiger partial charge in [0.25, 0.3) is 0 Å². The summed E-state index contributed by atoms with van der Waals surface area (Å²) in [5.74, 6) is 0. The van der Waals surface area contributed by atoms with E-state index in [9.17, 15) is 5.11 Å². The fraction of sp³-hybridized carbons (Fsp3) is 0.571. The summed E-state index contributed by atoms with van der Waals surface area (Å²) in [5.41, 5.74) is 1.22. The van der Waals surface area contributed by atoms with E-state index in [2.05, 4.69) is 39.9 Å². The van der Waals surface area contributed by atoms with Crippen molar-refractivity contribution in [3.05, 3.63) is 28.2 Å². The minimum absolute atomic E-state index is 0.350. The summed E-state index contributed by atoms with van der Waals surface area (Å²) in [6.07, 6.45) is 0. The SMILES string of the molecule is C[C@@H]1COCCN1c1cc(Br)cc(C2(O)COC2)c1. The van der Waals surface area contributed by atoms with Crippen LogP contribution in [0.2, 0.25) is 0 Å². The summed E-state index contributed by atoms with van der Waals surface area (Å²) in [4.78, 5) is 2.32. The monoisotopic (exact) mass is 327 g/mol. The lowest BCUT2D eigenvalue weighted by molar-refractivity contribution is -0.184. The maximum absolute atomic E-state index is 10.4. The average molecular weight is 328 g/mol. The van der Waals surface area contributed by atoms with Crippen LogP contribution in [0.5, 0.6) is 0 Å². The molecule has 0 aliphatic carbocycles. The van der Waals surface area contributed by atoms with Gasteiger partial charge in [0.15, 0.2) is 0 Å². The number of anilines is 1. The number of hydrogen-bond acceptors (Lipinski definition) is 4. The Morgan fingerprint density at radius 3 is 2.74 bits per heavy atom. The van der Waals surface area contributed by atoms with Crippen LogP contribution in [-0.4, -0.2) is 44.1 Å². The predicted octanol–water partition coefficient (Wildman–Crippen LogP) is 1.89. The molecule has 4 nitrogen and oxygen atoms in total. The van der Waals surface area contributed by atoms with Gasteiger partial charge in [0.05, 0.1) is 26.4 Å². The molecule has 19 heavy (non-hydrogen) atoms. The number of halogens is 1. The fourth-order valence-electron chi connectivity index (χ4n) is 2.58. The van der Waals surface area contributed by atoms with Gasteiger partial charge in [-0.3, -0.25) is 0 Å². The Kier molecular flexibility index (Phi) is 3.55. The van der Waals surface area contributed by atoms with Gasteiger partial charge in [0.2, 0.25) is 0 Å². The Hall–Kier alpha value is -0.620. The van der Waals surface area contributed by atoms with Gasteiger partial charge in [-0.25, -0.2) is 0 Å². The number of nitrogens with zero attached hydrogens (tertiary/aromatic N) is 1. The zero-order chi connectivity index (χ0) is 13.5. The van der Waals surface area contributed by atoms with E-state index in [1.54, 1.807) is 0 Å². The van der Waals surface area contributed by atoms with Gasteiger partial charge >= 0.3 is 0 Å². The second-order valence-electron chi connectivity index (χ2n) is 5.34. The van der Waals surface area contributed by atoms with Gasteiger partial charge in [0, 0.05) is 22.7 Å². The van der Waals surface area contributed by atoms with E-state index >= 15 is 0 Å². The molecule has 0 spiro atoms. The molecule has 2 saturated heterocycles. The molecule has 0 radical (unpaired) electrons. The molecular weight excluding hydrogens is 310 g/mol. The summed E-state index contributed by atoms with van der Waals surface area (Å²) < 4.78 is 11.6. The van der Waals surface area contributed by atoms with Crippen molar-refractivity contribution in [3.63, 3.8) is 0 Å². The normalized spacial score (nSPS) is 26.1. The molecule has 0 unspecified atom stereocenters. The number of hydrogen-bond donors (Lipinski definition) is 1. The first kappa shape index (κ1) is 13.4. The number of benzene rings is 1. The van der Waals surface area contributed by atoms with Gasteiger partial charge in [-0.2, -0.15) is 0 Å². The highest BCUT2D eigenvalue weighted by Crippen LogP contribution is 2.35. The van der Waals surface area contributed by atoms with E-state index in [4.69, 9.17) is 9.47 Å².